The van der Waals surface area contributed by atoms with Crippen LogP contribution in [0.1, 0.15) is 25.3 Å². The van der Waals surface area contributed by atoms with E-state index in [1.54, 1.807) is 12.4 Å². The zero-order chi connectivity index (χ0) is 10.0. The Balaban J connectivity index is 1.84. The number of aromatic nitrogens is 1. The van der Waals surface area contributed by atoms with E-state index < -0.39 is 5.60 Å². The first-order chi connectivity index (χ1) is 6.68. The van der Waals surface area contributed by atoms with E-state index in [-0.39, 0.29) is 6.04 Å². The lowest BCUT2D eigenvalue weighted by atomic mass is 9.76. The number of hydrogen-bond donors (Lipinski definition) is 2. The second-order valence-electron chi connectivity index (χ2n) is 4.18. The first-order valence-corrected chi connectivity index (χ1v) is 5.03. The quantitative estimate of drug-likeness (QED) is 0.753. The van der Waals surface area contributed by atoms with Crippen molar-refractivity contribution >= 4 is 0 Å². The summed E-state index contributed by atoms with van der Waals surface area (Å²) in [6, 6.07) is 4.22. The van der Waals surface area contributed by atoms with Crippen molar-refractivity contribution in [3.05, 3.63) is 30.1 Å². The Kier molecular flexibility index (Phi) is 2.52. The van der Waals surface area contributed by atoms with Crippen molar-refractivity contribution in [2.75, 3.05) is 0 Å². The molecule has 2 rings (SSSR count). The second kappa shape index (κ2) is 3.67. The van der Waals surface area contributed by atoms with Gasteiger partial charge in [0.05, 0.1) is 5.60 Å². The number of nitrogens with zero attached hydrogens (tertiary/aromatic N) is 1. The van der Waals surface area contributed by atoms with Crippen LogP contribution in [0.3, 0.4) is 0 Å². The van der Waals surface area contributed by atoms with E-state index in [0.717, 1.165) is 19.4 Å². The maximum absolute atomic E-state index is 9.78. The van der Waals surface area contributed by atoms with Gasteiger partial charge in [0.1, 0.15) is 0 Å². The zero-order valence-electron chi connectivity index (χ0n) is 8.40. The van der Waals surface area contributed by atoms with Gasteiger partial charge in [-0.05, 0) is 37.5 Å². The lowest BCUT2D eigenvalue weighted by Crippen LogP contribution is -2.56. The molecule has 0 aromatic carbocycles. The van der Waals surface area contributed by atoms with E-state index >= 15 is 0 Å². The smallest absolute Gasteiger partial charge is 0.0772 e. The summed E-state index contributed by atoms with van der Waals surface area (Å²) in [5, 5.41) is 13.1. The minimum Gasteiger partial charge on any atom is -0.389 e. The molecule has 0 radical (unpaired) electrons. The molecule has 76 valence electrons. The van der Waals surface area contributed by atoms with Gasteiger partial charge in [0.2, 0.25) is 0 Å². The molecule has 0 amide bonds. The fourth-order valence-corrected chi connectivity index (χ4v) is 1.77. The van der Waals surface area contributed by atoms with Crippen molar-refractivity contribution in [2.24, 2.45) is 0 Å². The average Bonchev–Trinajstić information content (AvgIpc) is 2.18. The molecule has 3 heteroatoms. The highest BCUT2D eigenvalue weighted by atomic mass is 16.3. The highest BCUT2D eigenvalue weighted by molar-refractivity contribution is 5.10. The molecule has 2 N–H and O–H groups in total. The zero-order valence-corrected chi connectivity index (χ0v) is 8.40. The first kappa shape index (κ1) is 9.62. The third kappa shape index (κ3) is 1.94. The van der Waals surface area contributed by atoms with Gasteiger partial charge < -0.3 is 10.4 Å². The molecule has 0 aliphatic heterocycles. The third-order valence-corrected chi connectivity index (χ3v) is 2.99. The topological polar surface area (TPSA) is 45.1 Å². The minimum atomic E-state index is -0.507. The lowest BCUT2D eigenvalue weighted by molar-refractivity contribution is -0.0523. The Morgan fingerprint density at radius 3 is 2.79 bits per heavy atom. The third-order valence-electron chi connectivity index (χ3n) is 2.99. The van der Waals surface area contributed by atoms with Crippen LogP contribution in [-0.2, 0) is 6.54 Å². The summed E-state index contributed by atoms with van der Waals surface area (Å²) < 4.78 is 0. The molecule has 1 aromatic heterocycles. The van der Waals surface area contributed by atoms with Gasteiger partial charge in [-0.25, -0.2) is 0 Å². The van der Waals surface area contributed by atoms with Gasteiger partial charge in [-0.3, -0.25) is 4.98 Å². The molecule has 1 aromatic rings. The van der Waals surface area contributed by atoms with E-state index in [0.29, 0.717) is 0 Å². The Bertz CT molecular complexity index is 297. The van der Waals surface area contributed by atoms with Gasteiger partial charge in [-0.15, -0.1) is 0 Å². The molecular formula is C11H16N2O. The van der Waals surface area contributed by atoms with Crippen molar-refractivity contribution in [2.45, 2.75) is 38.0 Å². The largest absolute Gasteiger partial charge is 0.389 e. The molecule has 0 saturated heterocycles. The standard InChI is InChI=1S/C11H16N2O/c1-11(14)5-2-10(11)13-8-9-3-6-12-7-4-9/h3-4,6-7,10,13-14H,2,5,8H2,1H3/t10-,11-/m0/s1. The van der Waals surface area contributed by atoms with Gasteiger partial charge in [0.25, 0.3) is 0 Å². The van der Waals surface area contributed by atoms with E-state index in [9.17, 15) is 5.11 Å². The van der Waals surface area contributed by atoms with Gasteiger partial charge >= 0.3 is 0 Å². The Hall–Kier alpha value is -0.930. The number of rotatable bonds is 3. The Labute approximate surface area is 84.2 Å². The highest BCUT2D eigenvalue weighted by Gasteiger charge is 2.40. The normalized spacial score (nSPS) is 31.1. The average molecular weight is 192 g/mol. The van der Waals surface area contributed by atoms with Crippen LogP contribution < -0.4 is 5.32 Å². The van der Waals surface area contributed by atoms with Crippen molar-refractivity contribution < 1.29 is 5.11 Å². The number of pyridine rings is 1. The number of aliphatic hydroxyl groups is 1. The molecule has 0 bridgehead atoms. The van der Waals surface area contributed by atoms with Gasteiger partial charge in [0.15, 0.2) is 0 Å². The molecule has 1 fully saturated rings. The van der Waals surface area contributed by atoms with Gasteiger partial charge in [0, 0.05) is 25.0 Å². The molecule has 0 unspecified atom stereocenters. The van der Waals surface area contributed by atoms with Crippen LogP contribution in [0.15, 0.2) is 24.5 Å². The molecule has 1 saturated carbocycles. The molecule has 1 aliphatic rings. The maximum Gasteiger partial charge on any atom is 0.0772 e. The van der Waals surface area contributed by atoms with Gasteiger partial charge in [-0.1, -0.05) is 0 Å². The summed E-state index contributed by atoms with van der Waals surface area (Å²) >= 11 is 0. The summed E-state index contributed by atoms with van der Waals surface area (Å²) in [5.74, 6) is 0. The Morgan fingerprint density at radius 2 is 2.29 bits per heavy atom. The van der Waals surface area contributed by atoms with Crippen LogP contribution in [0, 0.1) is 0 Å². The molecule has 0 spiro atoms. The first-order valence-electron chi connectivity index (χ1n) is 5.03. The predicted octanol–water partition coefficient (Wildman–Crippen LogP) is 1.08. The van der Waals surface area contributed by atoms with Crippen LogP contribution in [-0.4, -0.2) is 21.7 Å². The fraction of sp³-hybridized carbons (Fsp3) is 0.545. The summed E-state index contributed by atoms with van der Waals surface area (Å²) in [5.41, 5.74) is 0.704. The van der Waals surface area contributed by atoms with Crippen molar-refractivity contribution in [1.82, 2.24) is 10.3 Å². The maximum atomic E-state index is 9.78. The summed E-state index contributed by atoms with van der Waals surface area (Å²) in [6.45, 7) is 2.70. The number of nitrogens with one attached hydrogen (secondary N) is 1. The number of hydrogen-bond acceptors (Lipinski definition) is 3. The Morgan fingerprint density at radius 1 is 1.57 bits per heavy atom. The molecule has 14 heavy (non-hydrogen) atoms. The second-order valence-corrected chi connectivity index (χ2v) is 4.18. The van der Waals surface area contributed by atoms with Crippen molar-refractivity contribution in [3.8, 4) is 0 Å². The predicted molar refractivity (Wildman–Crippen MR) is 54.7 cm³/mol. The molecule has 1 aliphatic carbocycles. The molecule has 3 nitrogen and oxygen atoms in total. The van der Waals surface area contributed by atoms with Crippen LogP contribution >= 0.6 is 0 Å². The minimum absolute atomic E-state index is 0.246. The molecule has 1 heterocycles. The summed E-state index contributed by atoms with van der Waals surface area (Å²) in [7, 11) is 0. The van der Waals surface area contributed by atoms with Crippen LogP contribution in [0.4, 0.5) is 0 Å². The highest BCUT2D eigenvalue weighted by Crippen LogP contribution is 2.31. The molecular weight excluding hydrogens is 176 g/mol. The summed E-state index contributed by atoms with van der Waals surface area (Å²) in [6.07, 6.45) is 5.55. The van der Waals surface area contributed by atoms with Gasteiger partial charge in [-0.2, -0.15) is 0 Å². The SMILES string of the molecule is C[C@]1(O)CC[C@@H]1NCc1ccncc1. The fourth-order valence-electron chi connectivity index (χ4n) is 1.77. The van der Waals surface area contributed by atoms with E-state index in [1.807, 2.05) is 19.1 Å². The van der Waals surface area contributed by atoms with Crippen molar-refractivity contribution in [1.29, 1.82) is 0 Å². The van der Waals surface area contributed by atoms with Crippen molar-refractivity contribution in [3.63, 3.8) is 0 Å². The van der Waals surface area contributed by atoms with E-state index in [1.165, 1.54) is 5.56 Å². The monoisotopic (exact) mass is 192 g/mol. The van der Waals surface area contributed by atoms with Crippen LogP contribution in [0.25, 0.3) is 0 Å². The van der Waals surface area contributed by atoms with E-state index in [2.05, 4.69) is 10.3 Å². The van der Waals surface area contributed by atoms with E-state index in [4.69, 9.17) is 0 Å². The molecule has 2 atom stereocenters. The van der Waals surface area contributed by atoms with Crippen LogP contribution in [0.2, 0.25) is 0 Å². The van der Waals surface area contributed by atoms with Crippen LogP contribution in [0.5, 0.6) is 0 Å². The lowest BCUT2D eigenvalue weighted by Gasteiger charge is -2.43. The summed E-state index contributed by atoms with van der Waals surface area (Å²) in [4.78, 5) is 3.96.